The van der Waals surface area contributed by atoms with Crippen molar-refractivity contribution in [3.8, 4) is 11.5 Å². The Balaban J connectivity index is 0.00000364. The number of hydrogen-bond donors (Lipinski definition) is 2. The summed E-state index contributed by atoms with van der Waals surface area (Å²) in [5.41, 5.74) is 0.851. The molecule has 150 valence electrons. The van der Waals surface area contributed by atoms with Gasteiger partial charge in [-0.3, -0.25) is 4.99 Å². The number of guanidine groups is 1. The van der Waals surface area contributed by atoms with Crippen LogP contribution >= 0.6 is 24.0 Å². The van der Waals surface area contributed by atoms with Crippen molar-refractivity contribution in [2.75, 3.05) is 20.2 Å². The van der Waals surface area contributed by atoms with E-state index in [0.717, 1.165) is 17.7 Å². The van der Waals surface area contributed by atoms with Crippen LogP contribution in [0.1, 0.15) is 18.2 Å². The van der Waals surface area contributed by atoms with E-state index in [-0.39, 0.29) is 35.5 Å². The van der Waals surface area contributed by atoms with Gasteiger partial charge >= 0.3 is 6.61 Å². The number of nitrogens with one attached hydrogen (secondary N) is 2. The molecule has 0 aliphatic carbocycles. The van der Waals surface area contributed by atoms with E-state index in [1.54, 1.807) is 32.4 Å². The van der Waals surface area contributed by atoms with Gasteiger partial charge in [-0.1, -0.05) is 6.07 Å². The molecule has 0 bridgehead atoms. The van der Waals surface area contributed by atoms with E-state index in [9.17, 15) is 8.78 Å². The Bertz CT molecular complexity index is 697. The van der Waals surface area contributed by atoms with Gasteiger partial charge in [-0.25, -0.2) is 0 Å². The second kappa shape index (κ2) is 12.4. The van der Waals surface area contributed by atoms with Crippen LogP contribution < -0.4 is 20.1 Å². The highest BCUT2D eigenvalue weighted by molar-refractivity contribution is 14.0. The topological polar surface area (TPSA) is 68.0 Å². The molecule has 2 rings (SSSR count). The molecule has 0 amide bonds. The van der Waals surface area contributed by atoms with Crippen molar-refractivity contribution in [2.24, 2.45) is 4.99 Å². The fraction of sp³-hybridized carbons (Fsp3) is 0.389. The number of alkyl halides is 2. The first kappa shape index (κ1) is 23.0. The Morgan fingerprint density at radius 3 is 2.67 bits per heavy atom. The molecule has 0 saturated carbocycles. The zero-order chi connectivity index (χ0) is 18.8. The highest BCUT2D eigenvalue weighted by Crippen LogP contribution is 2.29. The second-order valence-electron chi connectivity index (χ2n) is 5.27. The molecule has 6 nitrogen and oxygen atoms in total. The van der Waals surface area contributed by atoms with Crippen molar-refractivity contribution in [1.82, 2.24) is 10.6 Å². The molecule has 0 unspecified atom stereocenters. The maximum atomic E-state index is 12.4. The SMILES string of the molecule is CCOc1cc(CNC(=NC)NCCc2ccco2)ccc1OC(F)F.I. The predicted molar refractivity (Wildman–Crippen MR) is 110 cm³/mol. The van der Waals surface area contributed by atoms with Crippen LogP contribution in [0, 0.1) is 0 Å². The molecule has 0 radical (unpaired) electrons. The van der Waals surface area contributed by atoms with Crippen molar-refractivity contribution in [3.05, 3.63) is 47.9 Å². The molecule has 1 aromatic carbocycles. The number of ether oxygens (including phenoxy) is 2. The van der Waals surface area contributed by atoms with E-state index in [1.807, 2.05) is 12.1 Å². The Morgan fingerprint density at radius 2 is 2.04 bits per heavy atom. The first-order valence-electron chi connectivity index (χ1n) is 8.29. The standard InChI is InChI=1S/C18H23F2N3O3.HI/c1-3-24-16-11-13(6-7-15(16)26-17(19)20)12-23-18(21-2)22-9-8-14-5-4-10-25-14;/h4-7,10-11,17H,3,8-9,12H2,1-2H3,(H2,21,22,23);1H. The minimum absolute atomic E-state index is 0. The fourth-order valence-electron chi connectivity index (χ4n) is 2.29. The van der Waals surface area contributed by atoms with E-state index < -0.39 is 6.61 Å². The number of hydrogen-bond acceptors (Lipinski definition) is 4. The summed E-state index contributed by atoms with van der Waals surface area (Å²) >= 11 is 0. The lowest BCUT2D eigenvalue weighted by Crippen LogP contribution is -2.37. The fourth-order valence-corrected chi connectivity index (χ4v) is 2.29. The second-order valence-corrected chi connectivity index (χ2v) is 5.27. The Labute approximate surface area is 174 Å². The third-order valence-corrected chi connectivity index (χ3v) is 3.45. The molecule has 0 saturated heterocycles. The lowest BCUT2D eigenvalue weighted by atomic mass is 10.2. The number of halogens is 3. The molecular formula is C18H24F2IN3O3. The molecule has 0 spiro atoms. The summed E-state index contributed by atoms with van der Waals surface area (Å²) in [6.07, 6.45) is 2.38. The molecule has 0 aliphatic heterocycles. The molecule has 0 aliphatic rings. The van der Waals surface area contributed by atoms with Gasteiger partial charge < -0.3 is 24.5 Å². The minimum Gasteiger partial charge on any atom is -0.490 e. The van der Waals surface area contributed by atoms with Gasteiger partial charge in [-0.15, -0.1) is 24.0 Å². The van der Waals surface area contributed by atoms with Crippen LogP contribution in [0.4, 0.5) is 8.78 Å². The Morgan fingerprint density at radius 1 is 1.22 bits per heavy atom. The summed E-state index contributed by atoms with van der Waals surface area (Å²) in [6, 6.07) is 8.60. The molecule has 9 heteroatoms. The van der Waals surface area contributed by atoms with E-state index in [1.165, 1.54) is 6.07 Å². The van der Waals surface area contributed by atoms with E-state index in [4.69, 9.17) is 9.15 Å². The Kier molecular flexibility index (Phi) is 10.5. The van der Waals surface area contributed by atoms with E-state index in [2.05, 4.69) is 20.4 Å². The van der Waals surface area contributed by atoms with Crippen molar-refractivity contribution in [2.45, 2.75) is 26.5 Å². The summed E-state index contributed by atoms with van der Waals surface area (Å²) in [5.74, 6) is 1.82. The molecule has 2 aromatic rings. The molecular weight excluding hydrogens is 471 g/mol. The number of rotatable bonds is 9. The third-order valence-electron chi connectivity index (χ3n) is 3.45. The largest absolute Gasteiger partial charge is 0.490 e. The van der Waals surface area contributed by atoms with Crippen LogP contribution in [0.25, 0.3) is 0 Å². The normalized spacial score (nSPS) is 11.1. The number of nitrogens with zero attached hydrogens (tertiary/aromatic N) is 1. The van der Waals surface area contributed by atoms with Crippen molar-refractivity contribution in [1.29, 1.82) is 0 Å². The Hall–Kier alpha value is -2.04. The first-order chi connectivity index (χ1) is 12.6. The van der Waals surface area contributed by atoms with Crippen LogP contribution in [-0.2, 0) is 13.0 Å². The van der Waals surface area contributed by atoms with Crippen LogP contribution in [0.5, 0.6) is 11.5 Å². The van der Waals surface area contributed by atoms with Gasteiger partial charge in [0.1, 0.15) is 5.76 Å². The average Bonchev–Trinajstić information content (AvgIpc) is 3.13. The number of aliphatic imine (C=N–C) groups is 1. The smallest absolute Gasteiger partial charge is 0.387 e. The molecule has 0 atom stereocenters. The number of benzene rings is 1. The van der Waals surface area contributed by atoms with Gasteiger partial charge in [0.25, 0.3) is 0 Å². The minimum atomic E-state index is -2.89. The van der Waals surface area contributed by atoms with Gasteiger partial charge in [0.05, 0.1) is 12.9 Å². The highest BCUT2D eigenvalue weighted by Gasteiger charge is 2.11. The van der Waals surface area contributed by atoms with Gasteiger partial charge in [-0.05, 0) is 36.8 Å². The van der Waals surface area contributed by atoms with Crippen LogP contribution in [0.15, 0.2) is 46.0 Å². The summed E-state index contributed by atoms with van der Waals surface area (Å²) in [4.78, 5) is 4.15. The third kappa shape index (κ3) is 8.02. The van der Waals surface area contributed by atoms with Gasteiger partial charge in [0.15, 0.2) is 17.5 Å². The summed E-state index contributed by atoms with van der Waals surface area (Å²) < 4.78 is 40.0. The zero-order valence-corrected chi connectivity index (χ0v) is 17.5. The van der Waals surface area contributed by atoms with Crippen molar-refractivity contribution >= 4 is 29.9 Å². The van der Waals surface area contributed by atoms with Gasteiger partial charge in [0.2, 0.25) is 0 Å². The first-order valence-corrected chi connectivity index (χ1v) is 8.29. The number of furan rings is 1. The molecule has 1 heterocycles. The van der Waals surface area contributed by atoms with E-state index in [0.29, 0.717) is 25.7 Å². The van der Waals surface area contributed by atoms with E-state index >= 15 is 0 Å². The zero-order valence-electron chi connectivity index (χ0n) is 15.2. The molecule has 0 fully saturated rings. The van der Waals surface area contributed by atoms with Gasteiger partial charge in [0, 0.05) is 26.6 Å². The highest BCUT2D eigenvalue weighted by atomic mass is 127. The lowest BCUT2D eigenvalue weighted by molar-refractivity contribution is -0.0514. The summed E-state index contributed by atoms with van der Waals surface area (Å²) in [7, 11) is 1.67. The quantitative estimate of drug-likeness (QED) is 0.315. The summed E-state index contributed by atoms with van der Waals surface area (Å²) in [5, 5.41) is 6.34. The molecule has 27 heavy (non-hydrogen) atoms. The molecule has 1 aromatic heterocycles. The summed E-state index contributed by atoms with van der Waals surface area (Å²) in [6.45, 7) is 0.359. The van der Waals surface area contributed by atoms with Crippen LogP contribution in [-0.4, -0.2) is 32.8 Å². The average molecular weight is 495 g/mol. The van der Waals surface area contributed by atoms with Crippen LogP contribution in [0.2, 0.25) is 0 Å². The monoisotopic (exact) mass is 495 g/mol. The van der Waals surface area contributed by atoms with Crippen molar-refractivity contribution in [3.63, 3.8) is 0 Å². The maximum absolute atomic E-state index is 12.4. The predicted octanol–water partition coefficient (Wildman–Crippen LogP) is 3.81. The molecule has 2 N–H and O–H groups in total. The lowest BCUT2D eigenvalue weighted by Gasteiger charge is -2.14. The van der Waals surface area contributed by atoms with Crippen LogP contribution in [0.3, 0.4) is 0 Å². The van der Waals surface area contributed by atoms with Crippen molar-refractivity contribution < 1.29 is 22.7 Å². The van der Waals surface area contributed by atoms with Gasteiger partial charge in [-0.2, -0.15) is 8.78 Å². The maximum Gasteiger partial charge on any atom is 0.387 e.